The molecule has 6 nitrogen and oxygen atoms in total. The Morgan fingerprint density at radius 3 is 2.73 bits per heavy atom. The Morgan fingerprint density at radius 1 is 1.23 bits per heavy atom. The predicted octanol–water partition coefficient (Wildman–Crippen LogP) is 3.74. The molecule has 0 saturated carbocycles. The van der Waals surface area contributed by atoms with E-state index in [0.717, 1.165) is 16.8 Å². The number of thioether (sulfide) groups is 1. The summed E-state index contributed by atoms with van der Waals surface area (Å²) < 4.78 is 1.37. The van der Waals surface area contributed by atoms with Crippen LogP contribution in [0.4, 0.5) is 5.69 Å². The molecule has 0 aliphatic carbocycles. The van der Waals surface area contributed by atoms with E-state index in [1.54, 1.807) is 19.1 Å². The van der Waals surface area contributed by atoms with E-state index in [-0.39, 0.29) is 5.91 Å². The molecule has 134 valence electrons. The summed E-state index contributed by atoms with van der Waals surface area (Å²) >= 11 is 7.26. The van der Waals surface area contributed by atoms with Gasteiger partial charge in [-0.3, -0.25) is 4.79 Å². The average molecular weight is 388 g/mol. The van der Waals surface area contributed by atoms with Crippen LogP contribution in [0.15, 0.2) is 53.7 Å². The molecule has 0 aliphatic rings. The van der Waals surface area contributed by atoms with Crippen LogP contribution in [0.1, 0.15) is 12.5 Å². The molecule has 3 rings (SSSR count). The number of para-hydroxylation sites is 1. The normalized spacial score (nSPS) is 12.0. The van der Waals surface area contributed by atoms with Gasteiger partial charge in [0, 0.05) is 16.3 Å². The van der Waals surface area contributed by atoms with Gasteiger partial charge in [0.2, 0.25) is 11.1 Å². The van der Waals surface area contributed by atoms with Gasteiger partial charge in [-0.25, -0.2) is 4.68 Å². The Bertz CT molecular complexity index is 943. The number of hydrogen-bond acceptors (Lipinski definition) is 5. The molecule has 1 atom stereocenters. The summed E-state index contributed by atoms with van der Waals surface area (Å²) in [4.78, 5) is 12.5. The smallest absolute Gasteiger partial charge is 0.237 e. The fourth-order valence-electron chi connectivity index (χ4n) is 2.34. The van der Waals surface area contributed by atoms with Crippen molar-refractivity contribution in [2.24, 2.45) is 0 Å². The first kappa shape index (κ1) is 18.3. The zero-order valence-electron chi connectivity index (χ0n) is 14.3. The highest BCUT2D eigenvalue weighted by Gasteiger charge is 2.20. The van der Waals surface area contributed by atoms with Gasteiger partial charge in [-0.15, -0.1) is 10.2 Å². The Balaban J connectivity index is 1.73. The number of nitrogens with one attached hydrogen (secondary N) is 1. The molecule has 1 amide bonds. The summed E-state index contributed by atoms with van der Waals surface area (Å²) in [6, 6.07) is 14.8. The zero-order valence-corrected chi connectivity index (χ0v) is 15.9. The van der Waals surface area contributed by atoms with Crippen molar-refractivity contribution in [3.05, 3.63) is 59.1 Å². The van der Waals surface area contributed by atoms with Crippen molar-refractivity contribution in [2.75, 3.05) is 11.2 Å². The highest BCUT2D eigenvalue weighted by Crippen LogP contribution is 2.27. The third kappa shape index (κ3) is 4.00. The number of amides is 1. The van der Waals surface area contributed by atoms with Gasteiger partial charge in [-0.05, 0) is 37.6 Å². The van der Waals surface area contributed by atoms with Crippen molar-refractivity contribution in [3.63, 3.8) is 0 Å². The van der Waals surface area contributed by atoms with Gasteiger partial charge in [0.25, 0.3) is 0 Å². The van der Waals surface area contributed by atoms with Crippen LogP contribution >= 0.6 is 23.4 Å². The fourth-order valence-corrected chi connectivity index (χ4v) is 3.30. The second kappa shape index (κ2) is 7.80. The number of carbonyl (C=O) groups excluding carboxylic acids is 1. The number of halogens is 1. The van der Waals surface area contributed by atoms with E-state index in [1.165, 1.54) is 16.4 Å². The molecule has 0 radical (unpaired) electrons. The lowest BCUT2D eigenvalue weighted by Crippen LogP contribution is -2.24. The lowest BCUT2D eigenvalue weighted by Gasteiger charge is -2.13. The molecule has 3 N–H and O–H groups in total. The molecule has 1 heterocycles. The van der Waals surface area contributed by atoms with Crippen LogP contribution < -0.4 is 11.2 Å². The van der Waals surface area contributed by atoms with Crippen LogP contribution in [-0.4, -0.2) is 26.0 Å². The molecule has 8 heteroatoms. The minimum Gasteiger partial charge on any atom is -0.335 e. The van der Waals surface area contributed by atoms with E-state index in [2.05, 4.69) is 15.5 Å². The third-order valence-electron chi connectivity index (χ3n) is 3.80. The van der Waals surface area contributed by atoms with E-state index in [9.17, 15) is 4.79 Å². The first-order valence-corrected chi connectivity index (χ1v) is 9.21. The van der Waals surface area contributed by atoms with Crippen molar-refractivity contribution in [1.82, 2.24) is 14.9 Å². The van der Waals surface area contributed by atoms with Gasteiger partial charge in [-0.2, -0.15) is 0 Å². The van der Waals surface area contributed by atoms with E-state index >= 15 is 0 Å². The van der Waals surface area contributed by atoms with E-state index in [1.807, 2.05) is 43.3 Å². The summed E-state index contributed by atoms with van der Waals surface area (Å²) in [6.07, 6.45) is 0. The second-order valence-electron chi connectivity index (χ2n) is 5.75. The minimum absolute atomic E-state index is 0.128. The largest absolute Gasteiger partial charge is 0.335 e. The molecule has 0 bridgehead atoms. The Morgan fingerprint density at radius 2 is 2.00 bits per heavy atom. The lowest BCUT2D eigenvalue weighted by molar-refractivity contribution is -0.115. The molecular weight excluding hydrogens is 370 g/mol. The maximum Gasteiger partial charge on any atom is 0.237 e. The first-order chi connectivity index (χ1) is 12.5. The van der Waals surface area contributed by atoms with Gasteiger partial charge in [-0.1, -0.05) is 53.7 Å². The summed E-state index contributed by atoms with van der Waals surface area (Å²) in [7, 11) is 0. The highest BCUT2D eigenvalue weighted by atomic mass is 35.5. The molecule has 0 saturated heterocycles. The summed E-state index contributed by atoms with van der Waals surface area (Å²) in [5.41, 5.74) is 2.55. The number of aromatic nitrogens is 3. The number of benzene rings is 2. The molecule has 2 aromatic carbocycles. The minimum atomic E-state index is -0.395. The van der Waals surface area contributed by atoms with Gasteiger partial charge in [0.05, 0.1) is 5.25 Å². The standard InChI is InChI=1S/C18H18ClN5OS/c1-11-6-3-4-9-15(11)21-17(25)12(2)26-18-23-22-16(24(18)20)13-7-5-8-14(19)10-13/h3-10,12H,20H2,1-2H3,(H,21,25). The van der Waals surface area contributed by atoms with Crippen molar-refractivity contribution in [3.8, 4) is 11.4 Å². The van der Waals surface area contributed by atoms with E-state index < -0.39 is 5.25 Å². The van der Waals surface area contributed by atoms with Crippen LogP contribution in [-0.2, 0) is 4.79 Å². The van der Waals surface area contributed by atoms with Gasteiger partial charge < -0.3 is 11.2 Å². The number of nitrogens with two attached hydrogens (primary N) is 1. The highest BCUT2D eigenvalue weighted by molar-refractivity contribution is 8.00. The number of nitrogen functional groups attached to an aromatic ring is 1. The molecule has 1 aromatic heterocycles. The molecule has 0 fully saturated rings. The first-order valence-electron chi connectivity index (χ1n) is 7.95. The number of carbonyl (C=O) groups is 1. The Hall–Kier alpha value is -2.51. The van der Waals surface area contributed by atoms with E-state index in [4.69, 9.17) is 17.4 Å². The van der Waals surface area contributed by atoms with Gasteiger partial charge in [0.1, 0.15) is 0 Å². The van der Waals surface area contributed by atoms with Crippen molar-refractivity contribution in [2.45, 2.75) is 24.3 Å². The predicted molar refractivity (Wildman–Crippen MR) is 106 cm³/mol. The second-order valence-corrected chi connectivity index (χ2v) is 7.50. The fraction of sp³-hybridized carbons (Fsp3) is 0.167. The summed E-state index contributed by atoms with van der Waals surface area (Å²) in [5, 5.41) is 11.8. The Kier molecular flexibility index (Phi) is 5.49. The molecule has 0 aliphatic heterocycles. The SMILES string of the molecule is Cc1ccccc1NC(=O)C(C)Sc1nnc(-c2cccc(Cl)c2)n1N. The lowest BCUT2D eigenvalue weighted by atomic mass is 10.2. The monoisotopic (exact) mass is 387 g/mol. The topological polar surface area (TPSA) is 85.8 Å². The van der Waals surface area contributed by atoms with Crippen molar-refractivity contribution >= 4 is 35.0 Å². The zero-order chi connectivity index (χ0) is 18.7. The van der Waals surface area contributed by atoms with Gasteiger partial charge >= 0.3 is 0 Å². The van der Waals surface area contributed by atoms with Crippen LogP contribution in [0.5, 0.6) is 0 Å². The maximum atomic E-state index is 12.5. The molecule has 3 aromatic rings. The third-order valence-corrected chi connectivity index (χ3v) is 5.09. The Labute approximate surface area is 160 Å². The molecular formula is C18H18ClN5OS. The van der Waals surface area contributed by atoms with Crippen molar-refractivity contribution < 1.29 is 4.79 Å². The van der Waals surface area contributed by atoms with E-state index in [0.29, 0.717) is 16.0 Å². The average Bonchev–Trinajstić information content (AvgIpc) is 2.97. The number of hydrogen-bond donors (Lipinski definition) is 2. The van der Waals surface area contributed by atoms with Crippen LogP contribution in [0, 0.1) is 6.92 Å². The molecule has 1 unspecified atom stereocenters. The van der Waals surface area contributed by atoms with Gasteiger partial charge in [0.15, 0.2) is 5.82 Å². The summed E-state index contributed by atoms with van der Waals surface area (Å²) in [5.74, 6) is 6.47. The molecule has 0 spiro atoms. The van der Waals surface area contributed by atoms with Crippen LogP contribution in [0.3, 0.4) is 0 Å². The number of aryl methyl sites for hydroxylation is 1. The maximum absolute atomic E-state index is 12.5. The van der Waals surface area contributed by atoms with Crippen molar-refractivity contribution in [1.29, 1.82) is 0 Å². The quantitative estimate of drug-likeness (QED) is 0.514. The number of anilines is 1. The number of nitrogens with zero attached hydrogens (tertiary/aromatic N) is 3. The number of rotatable bonds is 5. The van der Waals surface area contributed by atoms with Crippen LogP contribution in [0.2, 0.25) is 5.02 Å². The summed E-state index contributed by atoms with van der Waals surface area (Å²) in [6.45, 7) is 3.74. The molecule has 26 heavy (non-hydrogen) atoms. The van der Waals surface area contributed by atoms with Crippen LogP contribution in [0.25, 0.3) is 11.4 Å².